The number of sulfone groups is 1. The number of thiazole rings is 1. The number of nitrogens with one attached hydrogen (secondary N) is 1. The summed E-state index contributed by atoms with van der Waals surface area (Å²) in [5.41, 5.74) is 1.49. The summed E-state index contributed by atoms with van der Waals surface area (Å²) in [6, 6.07) is 13.2. The van der Waals surface area contributed by atoms with Gasteiger partial charge in [0.1, 0.15) is 0 Å². The molecule has 1 N–H and O–H groups in total. The minimum Gasteiger partial charge on any atom is -0.449 e. The van der Waals surface area contributed by atoms with Crippen LogP contribution in [0.1, 0.15) is 17.3 Å². The molecule has 0 aliphatic carbocycles. The van der Waals surface area contributed by atoms with Gasteiger partial charge in [-0.05, 0) is 25.1 Å². The summed E-state index contributed by atoms with van der Waals surface area (Å²) in [6.07, 6.45) is -0.140. The summed E-state index contributed by atoms with van der Waals surface area (Å²) in [7, 11) is -3.53. The van der Waals surface area contributed by atoms with E-state index in [2.05, 4.69) is 10.3 Å². The summed E-state index contributed by atoms with van der Waals surface area (Å²) in [5.74, 6) is -1.48. The fourth-order valence-corrected chi connectivity index (χ4v) is 4.01. The van der Waals surface area contributed by atoms with Gasteiger partial charge in [-0.25, -0.2) is 18.2 Å². The van der Waals surface area contributed by atoms with Gasteiger partial charge in [0.25, 0.3) is 5.91 Å². The first kappa shape index (κ1) is 21.9. The molecule has 0 saturated heterocycles. The lowest BCUT2D eigenvalue weighted by molar-refractivity contribution is -0.123. The highest BCUT2D eigenvalue weighted by Gasteiger charge is 2.23. The first-order valence-corrected chi connectivity index (χ1v) is 11.8. The summed E-state index contributed by atoms with van der Waals surface area (Å²) in [6.45, 7) is 1.40. The van der Waals surface area contributed by atoms with Gasteiger partial charge in [-0.2, -0.15) is 0 Å². The van der Waals surface area contributed by atoms with Gasteiger partial charge in [-0.3, -0.25) is 10.1 Å². The number of aromatic nitrogens is 1. The van der Waals surface area contributed by atoms with E-state index < -0.39 is 27.8 Å². The average Bonchev–Trinajstić information content (AvgIpc) is 3.16. The van der Waals surface area contributed by atoms with Crippen LogP contribution in [-0.4, -0.2) is 37.6 Å². The van der Waals surface area contributed by atoms with Gasteiger partial charge in [-0.1, -0.05) is 41.9 Å². The Balaban J connectivity index is 1.68. The number of anilines is 1. The van der Waals surface area contributed by atoms with Gasteiger partial charge >= 0.3 is 5.97 Å². The maximum atomic E-state index is 12.4. The third kappa shape index (κ3) is 5.24. The molecular formula is C20H17ClN2O5S2. The van der Waals surface area contributed by atoms with Crippen molar-refractivity contribution in [1.82, 2.24) is 4.98 Å². The van der Waals surface area contributed by atoms with Gasteiger partial charge in [0, 0.05) is 17.2 Å². The van der Waals surface area contributed by atoms with Crippen molar-refractivity contribution in [3.8, 4) is 11.3 Å². The van der Waals surface area contributed by atoms with Gasteiger partial charge in [0.05, 0.1) is 21.2 Å². The van der Waals surface area contributed by atoms with E-state index in [1.54, 1.807) is 5.38 Å². The van der Waals surface area contributed by atoms with Gasteiger partial charge < -0.3 is 4.74 Å². The molecule has 0 radical (unpaired) electrons. The fourth-order valence-electron chi connectivity index (χ4n) is 2.45. The Bertz CT molecular complexity index is 1190. The molecule has 0 bridgehead atoms. The summed E-state index contributed by atoms with van der Waals surface area (Å²) in [4.78, 5) is 29.1. The zero-order chi connectivity index (χ0) is 21.9. The molecule has 1 heterocycles. The molecule has 0 aliphatic rings. The molecule has 0 unspecified atom stereocenters. The highest BCUT2D eigenvalue weighted by Crippen LogP contribution is 2.25. The Morgan fingerprint density at radius 2 is 1.87 bits per heavy atom. The molecule has 30 heavy (non-hydrogen) atoms. The van der Waals surface area contributed by atoms with Crippen LogP contribution in [0.15, 0.2) is 58.8 Å². The van der Waals surface area contributed by atoms with Crippen molar-refractivity contribution in [1.29, 1.82) is 0 Å². The summed E-state index contributed by atoms with van der Waals surface area (Å²) >= 11 is 7.23. The van der Waals surface area contributed by atoms with Crippen LogP contribution < -0.4 is 5.32 Å². The van der Waals surface area contributed by atoms with Crippen LogP contribution in [0.2, 0.25) is 5.02 Å². The second-order valence-electron chi connectivity index (χ2n) is 6.35. The van der Waals surface area contributed by atoms with Crippen molar-refractivity contribution in [2.24, 2.45) is 0 Å². The number of halogens is 1. The van der Waals surface area contributed by atoms with Crippen molar-refractivity contribution in [2.75, 3.05) is 11.6 Å². The minimum atomic E-state index is -3.53. The van der Waals surface area contributed by atoms with E-state index in [1.165, 1.54) is 30.4 Å². The molecule has 0 aliphatic heterocycles. The van der Waals surface area contributed by atoms with Crippen LogP contribution in [-0.2, 0) is 19.4 Å². The standard InChI is InChI=1S/C20H17ClN2O5S2/c1-12(28-19(25)15-10-14(30(2,26)27)8-9-16(15)21)18(24)23-20-22-17(11-29-20)13-6-4-3-5-7-13/h3-12H,1-2H3,(H,22,23,24)/t12-/m1/s1. The number of rotatable bonds is 6. The topological polar surface area (TPSA) is 102 Å². The number of hydrogen-bond acceptors (Lipinski definition) is 7. The largest absolute Gasteiger partial charge is 0.449 e. The van der Waals surface area contributed by atoms with Crippen molar-refractivity contribution < 1.29 is 22.7 Å². The van der Waals surface area contributed by atoms with E-state index in [9.17, 15) is 18.0 Å². The van der Waals surface area contributed by atoms with E-state index in [0.717, 1.165) is 17.9 Å². The fraction of sp³-hybridized carbons (Fsp3) is 0.150. The molecule has 1 amide bonds. The Hall–Kier alpha value is -2.75. The predicted octanol–water partition coefficient (Wildman–Crippen LogP) is 4.05. The summed E-state index contributed by atoms with van der Waals surface area (Å²) in [5, 5.41) is 4.79. The zero-order valence-electron chi connectivity index (χ0n) is 16.0. The van der Waals surface area contributed by atoms with Gasteiger partial charge in [0.2, 0.25) is 0 Å². The predicted molar refractivity (Wildman–Crippen MR) is 116 cm³/mol. The Morgan fingerprint density at radius 1 is 1.17 bits per heavy atom. The second-order valence-corrected chi connectivity index (χ2v) is 9.64. The molecule has 0 spiro atoms. The molecule has 10 heteroatoms. The van der Waals surface area contributed by atoms with Gasteiger partial charge in [0.15, 0.2) is 21.1 Å². The molecule has 1 atom stereocenters. The van der Waals surface area contributed by atoms with Crippen molar-refractivity contribution in [3.63, 3.8) is 0 Å². The third-order valence-corrected chi connectivity index (χ3v) is 6.24. The van der Waals surface area contributed by atoms with Crippen LogP contribution in [0.4, 0.5) is 5.13 Å². The maximum absolute atomic E-state index is 12.4. The zero-order valence-corrected chi connectivity index (χ0v) is 18.3. The lowest BCUT2D eigenvalue weighted by Gasteiger charge is -2.13. The number of amides is 1. The number of carbonyl (C=O) groups is 2. The number of benzene rings is 2. The molecule has 2 aromatic carbocycles. The molecule has 156 valence electrons. The molecule has 0 saturated carbocycles. The first-order valence-electron chi connectivity index (χ1n) is 8.67. The number of nitrogens with zero attached hydrogens (tertiary/aromatic N) is 1. The van der Waals surface area contributed by atoms with E-state index in [1.807, 2.05) is 30.3 Å². The Morgan fingerprint density at radius 3 is 2.53 bits per heavy atom. The van der Waals surface area contributed by atoms with Crippen molar-refractivity contribution >= 4 is 49.8 Å². The third-order valence-electron chi connectivity index (χ3n) is 4.04. The Labute approximate surface area is 182 Å². The van der Waals surface area contributed by atoms with E-state index >= 15 is 0 Å². The average molecular weight is 465 g/mol. The number of ether oxygens (including phenoxy) is 1. The van der Waals surface area contributed by atoms with Crippen LogP contribution in [0.25, 0.3) is 11.3 Å². The van der Waals surface area contributed by atoms with Crippen molar-refractivity contribution in [2.45, 2.75) is 17.9 Å². The van der Waals surface area contributed by atoms with Crippen molar-refractivity contribution in [3.05, 3.63) is 64.5 Å². The molecule has 1 aromatic heterocycles. The highest BCUT2D eigenvalue weighted by molar-refractivity contribution is 7.90. The minimum absolute atomic E-state index is 0.0208. The van der Waals surface area contributed by atoms with Gasteiger partial charge in [-0.15, -0.1) is 11.3 Å². The SMILES string of the molecule is C[C@@H](OC(=O)c1cc(S(C)(=O)=O)ccc1Cl)C(=O)Nc1nc(-c2ccccc2)cs1. The quantitative estimate of drug-likeness (QED) is 0.552. The first-order chi connectivity index (χ1) is 14.1. The normalized spacial score (nSPS) is 12.2. The highest BCUT2D eigenvalue weighted by atomic mass is 35.5. The van der Waals surface area contributed by atoms with E-state index in [0.29, 0.717) is 10.8 Å². The van der Waals surface area contributed by atoms with Crippen LogP contribution >= 0.6 is 22.9 Å². The second kappa shape index (κ2) is 8.95. The molecule has 3 rings (SSSR count). The molecule has 7 nitrogen and oxygen atoms in total. The molecule has 3 aromatic rings. The molecule has 0 fully saturated rings. The lowest BCUT2D eigenvalue weighted by Crippen LogP contribution is -2.30. The smallest absolute Gasteiger partial charge is 0.340 e. The number of hydrogen-bond donors (Lipinski definition) is 1. The maximum Gasteiger partial charge on any atom is 0.340 e. The number of esters is 1. The number of carbonyl (C=O) groups excluding carboxylic acids is 2. The van der Waals surface area contributed by atoms with Crippen LogP contribution in [0, 0.1) is 0 Å². The molecular weight excluding hydrogens is 448 g/mol. The van der Waals surface area contributed by atoms with E-state index in [-0.39, 0.29) is 15.5 Å². The van der Waals surface area contributed by atoms with Crippen LogP contribution in [0.3, 0.4) is 0 Å². The summed E-state index contributed by atoms with van der Waals surface area (Å²) < 4.78 is 28.5. The Kier molecular flexibility index (Phi) is 6.55. The van der Waals surface area contributed by atoms with Crippen LogP contribution in [0.5, 0.6) is 0 Å². The monoisotopic (exact) mass is 464 g/mol. The van der Waals surface area contributed by atoms with E-state index in [4.69, 9.17) is 16.3 Å². The lowest BCUT2D eigenvalue weighted by atomic mass is 10.2.